The van der Waals surface area contributed by atoms with Crippen LogP contribution in [0, 0.1) is 5.41 Å². The second-order valence-corrected chi connectivity index (χ2v) is 10.1. The van der Waals surface area contributed by atoms with Crippen LogP contribution in [0.5, 0.6) is 0 Å². The number of benzene rings is 1. The molecule has 1 aromatic carbocycles. The molecule has 2 saturated heterocycles. The minimum absolute atomic E-state index is 0.301. The molecule has 3 fully saturated rings. The van der Waals surface area contributed by atoms with Crippen LogP contribution < -0.4 is 15.1 Å². The number of hydrogen-bond acceptors (Lipinski definition) is 4. The van der Waals surface area contributed by atoms with Crippen LogP contribution in [0.15, 0.2) is 18.2 Å². The van der Waals surface area contributed by atoms with Gasteiger partial charge in [-0.05, 0) is 74.6 Å². The van der Waals surface area contributed by atoms with Crippen LogP contribution >= 0.6 is 0 Å². The molecule has 2 atom stereocenters. The van der Waals surface area contributed by atoms with Gasteiger partial charge in [0.15, 0.2) is 0 Å². The van der Waals surface area contributed by atoms with E-state index in [1.807, 2.05) is 0 Å². The van der Waals surface area contributed by atoms with Gasteiger partial charge in [-0.3, -0.25) is 0 Å². The van der Waals surface area contributed by atoms with Crippen molar-refractivity contribution in [3.8, 4) is 0 Å². The van der Waals surface area contributed by atoms with Gasteiger partial charge in [0.2, 0.25) is 0 Å². The molecular formula is C24H39N3O. The molecule has 1 N–H and O–H groups in total. The van der Waals surface area contributed by atoms with Gasteiger partial charge in [0.1, 0.15) is 0 Å². The zero-order chi connectivity index (χ0) is 19.7. The Labute approximate surface area is 171 Å². The highest BCUT2D eigenvalue weighted by Gasteiger charge is 2.31. The van der Waals surface area contributed by atoms with Crippen LogP contribution in [-0.4, -0.2) is 51.5 Å². The highest BCUT2D eigenvalue weighted by Crippen LogP contribution is 2.45. The molecule has 3 aliphatic rings. The summed E-state index contributed by atoms with van der Waals surface area (Å²) in [5.41, 5.74) is 4.99. The van der Waals surface area contributed by atoms with Gasteiger partial charge in [0.25, 0.3) is 0 Å². The van der Waals surface area contributed by atoms with Gasteiger partial charge in [0, 0.05) is 50.6 Å². The second kappa shape index (κ2) is 8.23. The Morgan fingerprint density at radius 3 is 2.25 bits per heavy atom. The molecule has 4 heteroatoms. The predicted molar refractivity (Wildman–Crippen MR) is 119 cm³/mol. The van der Waals surface area contributed by atoms with E-state index in [0.29, 0.717) is 23.5 Å². The molecule has 0 amide bonds. The van der Waals surface area contributed by atoms with E-state index in [1.54, 1.807) is 5.56 Å². The maximum Gasteiger partial charge on any atom is 0.0726 e. The maximum atomic E-state index is 5.97. The molecule has 4 rings (SSSR count). The summed E-state index contributed by atoms with van der Waals surface area (Å²) in [5.74, 6) is 0.703. The number of ether oxygens (including phenoxy) is 1. The average Bonchev–Trinajstić information content (AvgIpc) is 2.67. The average molecular weight is 386 g/mol. The lowest BCUT2D eigenvalue weighted by Gasteiger charge is -2.40. The number of hydrogen-bond donors (Lipinski definition) is 1. The first-order valence-corrected chi connectivity index (χ1v) is 11.4. The molecule has 0 bridgehead atoms. The van der Waals surface area contributed by atoms with E-state index in [1.165, 1.54) is 37.1 Å². The number of nitrogens with one attached hydrogen (secondary N) is 1. The van der Waals surface area contributed by atoms with Crippen molar-refractivity contribution in [2.75, 3.05) is 49.1 Å². The zero-order valence-corrected chi connectivity index (χ0v) is 18.3. The molecule has 2 aliphatic heterocycles. The first-order valence-electron chi connectivity index (χ1n) is 11.4. The highest BCUT2D eigenvalue weighted by molar-refractivity contribution is 5.64. The first-order chi connectivity index (χ1) is 13.4. The lowest BCUT2D eigenvalue weighted by Crippen LogP contribution is -2.46. The largest absolute Gasteiger partial charge is 0.372 e. The summed E-state index contributed by atoms with van der Waals surface area (Å²) < 4.78 is 5.97. The van der Waals surface area contributed by atoms with Crippen LogP contribution in [0.25, 0.3) is 0 Å². The molecule has 4 nitrogen and oxygen atoms in total. The van der Waals surface area contributed by atoms with Crippen molar-refractivity contribution in [3.63, 3.8) is 0 Å². The van der Waals surface area contributed by atoms with Crippen molar-refractivity contribution in [2.24, 2.45) is 5.41 Å². The predicted octanol–water partition coefficient (Wildman–Crippen LogP) is 4.39. The molecule has 0 aromatic heterocycles. The monoisotopic (exact) mass is 385 g/mol. The first kappa shape index (κ1) is 20.0. The van der Waals surface area contributed by atoms with Crippen molar-refractivity contribution in [3.05, 3.63) is 23.8 Å². The molecule has 1 aliphatic carbocycles. The summed E-state index contributed by atoms with van der Waals surface area (Å²) in [6.45, 7) is 15.7. The van der Waals surface area contributed by atoms with Gasteiger partial charge in [-0.2, -0.15) is 0 Å². The number of piperazine rings is 1. The number of nitrogens with zero attached hydrogens (tertiary/aromatic N) is 2. The van der Waals surface area contributed by atoms with E-state index < -0.39 is 0 Å². The molecule has 1 aromatic rings. The van der Waals surface area contributed by atoms with Crippen LogP contribution in [0.4, 0.5) is 11.4 Å². The fourth-order valence-electron chi connectivity index (χ4n) is 5.36. The standard InChI is InChI=1S/C24H39N3O/c1-18-16-27(17-19(2)28-18)21-5-6-23(26-13-11-25-12-14-26)22(15-21)20-7-9-24(3,4)10-8-20/h5-6,15,18-20,25H,7-14,16-17H2,1-4H3. The van der Waals surface area contributed by atoms with Crippen molar-refractivity contribution in [1.29, 1.82) is 0 Å². The molecule has 2 unspecified atom stereocenters. The highest BCUT2D eigenvalue weighted by atomic mass is 16.5. The van der Waals surface area contributed by atoms with Gasteiger partial charge < -0.3 is 19.9 Å². The molecule has 28 heavy (non-hydrogen) atoms. The fourth-order valence-corrected chi connectivity index (χ4v) is 5.36. The summed E-state index contributed by atoms with van der Waals surface area (Å²) in [5, 5.41) is 3.50. The number of morpholine rings is 1. The third-order valence-electron chi connectivity index (χ3n) is 7.03. The van der Waals surface area contributed by atoms with Crippen molar-refractivity contribution >= 4 is 11.4 Å². The maximum absolute atomic E-state index is 5.97. The molecule has 156 valence electrons. The summed E-state index contributed by atoms with van der Waals surface area (Å²) in [7, 11) is 0. The Morgan fingerprint density at radius 2 is 1.61 bits per heavy atom. The number of anilines is 2. The summed E-state index contributed by atoms with van der Waals surface area (Å²) in [4.78, 5) is 5.15. The third kappa shape index (κ3) is 4.49. The SMILES string of the molecule is CC1CN(c2ccc(N3CCNCC3)c(C3CCC(C)(C)CC3)c2)CC(C)O1. The summed E-state index contributed by atoms with van der Waals surface area (Å²) in [6, 6.07) is 7.31. The van der Waals surface area contributed by atoms with Crippen LogP contribution in [0.1, 0.15) is 64.9 Å². The van der Waals surface area contributed by atoms with E-state index in [-0.39, 0.29) is 0 Å². The van der Waals surface area contributed by atoms with Gasteiger partial charge in [0.05, 0.1) is 12.2 Å². The molecule has 1 saturated carbocycles. The van der Waals surface area contributed by atoms with Gasteiger partial charge in [-0.15, -0.1) is 0 Å². The van der Waals surface area contributed by atoms with Crippen LogP contribution in [-0.2, 0) is 4.74 Å². The fraction of sp³-hybridized carbons (Fsp3) is 0.750. The molecule has 2 heterocycles. The lowest BCUT2D eigenvalue weighted by atomic mass is 9.71. The van der Waals surface area contributed by atoms with E-state index >= 15 is 0 Å². The van der Waals surface area contributed by atoms with E-state index in [4.69, 9.17) is 4.74 Å². The van der Waals surface area contributed by atoms with E-state index in [0.717, 1.165) is 39.3 Å². The Balaban J connectivity index is 1.63. The van der Waals surface area contributed by atoms with Gasteiger partial charge in [-0.25, -0.2) is 0 Å². The van der Waals surface area contributed by atoms with E-state index in [9.17, 15) is 0 Å². The van der Waals surface area contributed by atoms with Gasteiger partial charge >= 0.3 is 0 Å². The zero-order valence-electron chi connectivity index (χ0n) is 18.3. The Kier molecular flexibility index (Phi) is 5.89. The van der Waals surface area contributed by atoms with E-state index in [2.05, 4.69) is 61.0 Å². The number of rotatable bonds is 3. The second-order valence-electron chi connectivity index (χ2n) is 10.1. The Bertz CT molecular complexity index is 648. The summed E-state index contributed by atoms with van der Waals surface area (Å²) >= 11 is 0. The van der Waals surface area contributed by atoms with Crippen LogP contribution in [0.2, 0.25) is 0 Å². The minimum atomic E-state index is 0.301. The minimum Gasteiger partial charge on any atom is -0.372 e. The van der Waals surface area contributed by atoms with Crippen molar-refractivity contribution in [2.45, 2.75) is 71.5 Å². The normalized spacial score (nSPS) is 29.1. The molecular weight excluding hydrogens is 346 g/mol. The molecule has 0 radical (unpaired) electrons. The van der Waals surface area contributed by atoms with Crippen LogP contribution in [0.3, 0.4) is 0 Å². The molecule has 0 spiro atoms. The quantitative estimate of drug-likeness (QED) is 0.835. The third-order valence-corrected chi connectivity index (χ3v) is 7.03. The summed E-state index contributed by atoms with van der Waals surface area (Å²) in [6.07, 6.45) is 5.94. The topological polar surface area (TPSA) is 27.7 Å². The lowest BCUT2D eigenvalue weighted by molar-refractivity contribution is -0.00522. The van der Waals surface area contributed by atoms with Crippen molar-refractivity contribution in [1.82, 2.24) is 5.32 Å². The smallest absolute Gasteiger partial charge is 0.0726 e. The van der Waals surface area contributed by atoms with Gasteiger partial charge in [-0.1, -0.05) is 13.8 Å². The Morgan fingerprint density at radius 1 is 0.964 bits per heavy atom. The Hall–Kier alpha value is -1.26. The van der Waals surface area contributed by atoms with Crippen molar-refractivity contribution < 1.29 is 4.74 Å².